The Bertz CT molecular complexity index is 515. The topological polar surface area (TPSA) is 95.5 Å². The summed E-state index contributed by atoms with van der Waals surface area (Å²) in [6, 6.07) is 4.13. The molecule has 1 aromatic rings. The predicted molar refractivity (Wildman–Crippen MR) is 62.7 cm³/mol. The van der Waals surface area contributed by atoms with Gasteiger partial charge >= 0.3 is 5.97 Å². The molecule has 0 spiro atoms. The lowest BCUT2D eigenvalue weighted by Gasteiger charge is -2.07. The van der Waals surface area contributed by atoms with Crippen molar-refractivity contribution in [3.05, 3.63) is 28.2 Å². The van der Waals surface area contributed by atoms with E-state index >= 15 is 0 Å². The van der Waals surface area contributed by atoms with Crippen LogP contribution < -0.4 is 9.44 Å². The molecule has 16 heavy (non-hydrogen) atoms. The molecule has 1 aromatic carbocycles. The van der Waals surface area contributed by atoms with Crippen LogP contribution >= 0.6 is 15.9 Å². The third-order valence-corrected chi connectivity index (χ3v) is 3.45. The second-order valence-electron chi connectivity index (χ2n) is 2.81. The number of anilines is 1. The van der Waals surface area contributed by atoms with Gasteiger partial charge in [-0.25, -0.2) is 9.52 Å². The first-order valence-corrected chi connectivity index (χ1v) is 6.37. The fourth-order valence-corrected chi connectivity index (χ4v) is 1.91. The van der Waals surface area contributed by atoms with Gasteiger partial charge in [-0.15, -0.1) is 0 Å². The van der Waals surface area contributed by atoms with Crippen molar-refractivity contribution in [1.29, 1.82) is 0 Å². The summed E-state index contributed by atoms with van der Waals surface area (Å²) in [5.74, 6) is -1.14. The van der Waals surface area contributed by atoms with Crippen LogP contribution in [0.5, 0.6) is 0 Å². The van der Waals surface area contributed by atoms with Crippen molar-refractivity contribution < 1.29 is 18.3 Å². The Hall–Kier alpha value is -1.12. The largest absolute Gasteiger partial charge is 0.478 e. The maximum atomic E-state index is 11.2. The molecule has 0 unspecified atom stereocenters. The Labute approximate surface area is 101 Å². The van der Waals surface area contributed by atoms with Crippen LogP contribution in [0.15, 0.2) is 22.7 Å². The lowest BCUT2D eigenvalue weighted by atomic mass is 10.2. The zero-order valence-corrected chi connectivity index (χ0v) is 10.6. The lowest BCUT2D eigenvalue weighted by Crippen LogP contribution is -2.26. The molecule has 0 saturated heterocycles. The molecule has 1 rings (SSSR count). The Morgan fingerprint density at radius 2 is 2.06 bits per heavy atom. The number of hydrogen-bond acceptors (Lipinski definition) is 3. The molecule has 0 aromatic heterocycles. The van der Waals surface area contributed by atoms with E-state index in [4.69, 9.17) is 5.11 Å². The van der Waals surface area contributed by atoms with Crippen LogP contribution in [0.25, 0.3) is 0 Å². The van der Waals surface area contributed by atoms with Gasteiger partial charge in [-0.1, -0.05) is 0 Å². The smallest absolute Gasteiger partial charge is 0.336 e. The van der Waals surface area contributed by atoms with Crippen molar-refractivity contribution in [1.82, 2.24) is 4.72 Å². The number of nitrogens with one attached hydrogen (secondary N) is 2. The van der Waals surface area contributed by atoms with Crippen molar-refractivity contribution in [3.8, 4) is 0 Å². The summed E-state index contributed by atoms with van der Waals surface area (Å²) >= 11 is 3.05. The molecular formula is C8H9BrN2O4S. The zero-order chi connectivity index (χ0) is 12.3. The van der Waals surface area contributed by atoms with E-state index in [1.807, 2.05) is 0 Å². The highest BCUT2D eigenvalue weighted by Gasteiger charge is 2.11. The molecule has 3 N–H and O–H groups in total. The van der Waals surface area contributed by atoms with E-state index in [0.29, 0.717) is 4.47 Å². The van der Waals surface area contributed by atoms with Crippen LogP contribution in [0.3, 0.4) is 0 Å². The molecule has 0 aliphatic heterocycles. The molecular weight excluding hydrogens is 300 g/mol. The fraction of sp³-hybridized carbons (Fsp3) is 0.125. The van der Waals surface area contributed by atoms with E-state index < -0.39 is 16.2 Å². The molecule has 0 bridgehead atoms. The first kappa shape index (κ1) is 12.9. The van der Waals surface area contributed by atoms with Crippen LogP contribution in [-0.2, 0) is 10.2 Å². The number of carboxylic acid groups (broad SMARTS) is 1. The number of carbonyl (C=O) groups is 1. The van der Waals surface area contributed by atoms with Gasteiger partial charge in [0.2, 0.25) is 0 Å². The van der Waals surface area contributed by atoms with Gasteiger partial charge in [0.05, 0.1) is 11.3 Å². The maximum absolute atomic E-state index is 11.2. The van der Waals surface area contributed by atoms with Crippen molar-refractivity contribution in [2.45, 2.75) is 0 Å². The maximum Gasteiger partial charge on any atom is 0.336 e. The minimum Gasteiger partial charge on any atom is -0.478 e. The highest BCUT2D eigenvalue weighted by molar-refractivity contribution is 9.10. The Morgan fingerprint density at radius 3 is 2.56 bits per heavy atom. The minimum atomic E-state index is -3.64. The molecule has 6 nitrogen and oxygen atoms in total. The van der Waals surface area contributed by atoms with Crippen LogP contribution in [0, 0.1) is 0 Å². The molecule has 0 atom stereocenters. The molecule has 0 saturated carbocycles. The number of hydrogen-bond donors (Lipinski definition) is 3. The predicted octanol–water partition coefficient (Wildman–Crippen LogP) is 1.02. The normalized spacial score (nSPS) is 11.1. The molecule has 8 heteroatoms. The Balaban J connectivity index is 3.09. The number of halogens is 1. The summed E-state index contributed by atoms with van der Waals surface area (Å²) in [5.41, 5.74) is 0.159. The van der Waals surface area contributed by atoms with Gasteiger partial charge in [0.1, 0.15) is 0 Å². The van der Waals surface area contributed by atoms with E-state index in [-0.39, 0.29) is 11.3 Å². The standard InChI is InChI=1S/C8H9BrN2O4S/c1-10-16(14,15)11-5-2-3-7(9)6(4-5)8(12)13/h2-4,10-11H,1H3,(H,12,13). The number of aromatic carboxylic acids is 1. The van der Waals surface area contributed by atoms with Gasteiger partial charge in [0, 0.05) is 11.5 Å². The van der Waals surface area contributed by atoms with Crippen LogP contribution in [0.2, 0.25) is 0 Å². The van der Waals surface area contributed by atoms with Crippen molar-refractivity contribution in [2.24, 2.45) is 0 Å². The SMILES string of the molecule is CNS(=O)(=O)Nc1ccc(Br)c(C(=O)O)c1. The van der Waals surface area contributed by atoms with Gasteiger partial charge in [0.25, 0.3) is 10.2 Å². The van der Waals surface area contributed by atoms with Gasteiger partial charge < -0.3 is 5.11 Å². The summed E-state index contributed by atoms with van der Waals surface area (Å²) in [6.07, 6.45) is 0. The average Bonchev–Trinajstić information content (AvgIpc) is 2.20. The Kier molecular flexibility index (Phi) is 3.89. The van der Waals surface area contributed by atoms with Gasteiger partial charge in [-0.3, -0.25) is 4.72 Å². The molecule has 0 amide bonds. The van der Waals surface area contributed by atoms with Crippen molar-refractivity contribution in [3.63, 3.8) is 0 Å². The number of carboxylic acids is 1. The molecule has 0 fully saturated rings. The van der Waals surface area contributed by atoms with Crippen molar-refractivity contribution >= 4 is 37.8 Å². The van der Waals surface area contributed by atoms with E-state index in [0.717, 1.165) is 0 Å². The second-order valence-corrected chi connectivity index (χ2v) is 5.28. The van der Waals surface area contributed by atoms with E-state index in [1.165, 1.54) is 25.2 Å². The first-order valence-electron chi connectivity index (χ1n) is 4.10. The third kappa shape index (κ3) is 3.19. The van der Waals surface area contributed by atoms with E-state index in [1.54, 1.807) is 0 Å². The molecule has 0 radical (unpaired) electrons. The third-order valence-electron chi connectivity index (χ3n) is 1.72. The van der Waals surface area contributed by atoms with Crippen LogP contribution in [0.4, 0.5) is 5.69 Å². The quantitative estimate of drug-likeness (QED) is 0.774. The van der Waals surface area contributed by atoms with Crippen LogP contribution in [0.1, 0.15) is 10.4 Å². The van der Waals surface area contributed by atoms with E-state index in [2.05, 4.69) is 25.4 Å². The second kappa shape index (κ2) is 4.81. The summed E-state index contributed by atoms with van der Waals surface area (Å²) in [4.78, 5) is 10.8. The summed E-state index contributed by atoms with van der Waals surface area (Å²) in [7, 11) is -2.39. The fourth-order valence-electron chi connectivity index (χ4n) is 0.959. The van der Waals surface area contributed by atoms with Gasteiger partial charge in [-0.05, 0) is 34.1 Å². The Morgan fingerprint density at radius 1 is 1.44 bits per heavy atom. The molecule has 88 valence electrons. The monoisotopic (exact) mass is 308 g/mol. The average molecular weight is 309 g/mol. The van der Waals surface area contributed by atoms with E-state index in [9.17, 15) is 13.2 Å². The highest BCUT2D eigenvalue weighted by Crippen LogP contribution is 2.21. The van der Waals surface area contributed by atoms with Crippen molar-refractivity contribution in [2.75, 3.05) is 11.8 Å². The summed E-state index contributed by atoms with van der Waals surface area (Å²) in [5, 5.41) is 8.82. The molecule has 0 aliphatic carbocycles. The molecule has 0 heterocycles. The highest BCUT2D eigenvalue weighted by atomic mass is 79.9. The number of benzene rings is 1. The van der Waals surface area contributed by atoms with Crippen LogP contribution in [-0.4, -0.2) is 26.5 Å². The summed E-state index contributed by atoms with van der Waals surface area (Å²) in [6.45, 7) is 0. The van der Waals surface area contributed by atoms with Gasteiger partial charge in [-0.2, -0.15) is 8.42 Å². The van der Waals surface area contributed by atoms with Gasteiger partial charge in [0.15, 0.2) is 0 Å². The first-order chi connectivity index (χ1) is 7.35. The zero-order valence-electron chi connectivity index (χ0n) is 8.19. The summed E-state index contributed by atoms with van der Waals surface area (Å²) < 4.78 is 26.9. The molecule has 0 aliphatic rings. The lowest BCUT2D eigenvalue weighted by molar-refractivity contribution is 0.0696. The minimum absolute atomic E-state index is 0.0173. The number of rotatable bonds is 4.